The summed E-state index contributed by atoms with van der Waals surface area (Å²) in [5, 5.41) is 12.2. The van der Waals surface area contributed by atoms with Crippen LogP contribution in [-0.4, -0.2) is 32.8 Å². The number of fused-ring (bicyclic) bond motifs is 1. The van der Waals surface area contributed by atoms with E-state index >= 15 is 0 Å². The molecular weight excluding hydrogens is 314 g/mol. The summed E-state index contributed by atoms with van der Waals surface area (Å²) in [6.45, 7) is 1.50. The van der Waals surface area contributed by atoms with Crippen LogP contribution in [0.2, 0.25) is 0 Å². The smallest absolute Gasteiger partial charge is 0.229 e. The Labute approximate surface area is 146 Å². The zero-order chi connectivity index (χ0) is 17.2. The van der Waals surface area contributed by atoms with Gasteiger partial charge in [0.1, 0.15) is 5.82 Å². The maximum atomic E-state index is 5.59. The molecule has 25 heavy (non-hydrogen) atoms. The minimum atomic E-state index is 0.593. The quantitative estimate of drug-likeness (QED) is 0.574. The molecule has 3 aromatic rings. The molecule has 1 aromatic carbocycles. The van der Waals surface area contributed by atoms with E-state index < -0.39 is 0 Å². The number of nitrogens with two attached hydrogens (primary N) is 1. The zero-order valence-electron chi connectivity index (χ0n) is 14.4. The molecule has 4 N–H and O–H groups in total. The monoisotopic (exact) mass is 337 g/mol. The minimum absolute atomic E-state index is 0.593. The molecule has 2 heterocycles. The van der Waals surface area contributed by atoms with Crippen molar-refractivity contribution in [2.24, 2.45) is 12.8 Å². The third-order valence-corrected chi connectivity index (χ3v) is 4.39. The van der Waals surface area contributed by atoms with Crippen molar-refractivity contribution >= 4 is 28.4 Å². The first kappa shape index (κ1) is 15.8. The predicted molar refractivity (Wildman–Crippen MR) is 100 cm³/mol. The van der Waals surface area contributed by atoms with Gasteiger partial charge in [0.15, 0.2) is 0 Å². The molecule has 0 aliphatic heterocycles. The lowest BCUT2D eigenvalue weighted by Gasteiger charge is -2.12. The van der Waals surface area contributed by atoms with E-state index in [1.807, 2.05) is 42.3 Å². The van der Waals surface area contributed by atoms with E-state index in [9.17, 15) is 0 Å². The van der Waals surface area contributed by atoms with Crippen LogP contribution in [0.1, 0.15) is 30.7 Å². The largest absolute Gasteiger partial charge is 0.370 e. The van der Waals surface area contributed by atoms with Crippen molar-refractivity contribution in [1.29, 1.82) is 0 Å². The van der Waals surface area contributed by atoms with Gasteiger partial charge >= 0.3 is 0 Å². The molecule has 1 aliphatic rings. The number of aromatic nitrogens is 4. The summed E-state index contributed by atoms with van der Waals surface area (Å²) in [4.78, 5) is 9.18. The van der Waals surface area contributed by atoms with Gasteiger partial charge < -0.3 is 16.4 Å². The van der Waals surface area contributed by atoms with Gasteiger partial charge in [0.05, 0.1) is 5.52 Å². The molecule has 0 unspecified atom stereocenters. The summed E-state index contributed by atoms with van der Waals surface area (Å²) in [6, 6.07) is 6.07. The van der Waals surface area contributed by atoms with Crippen LogP contribution in [-0.2, 0) is 7.05 Å². The molecule has 1 aliphatic carbocycles. The Bertz CT molecular complexity index is 882. The number of benzene rings is 1. The standard InChI is InChI=1S/C18H23N7/c1-25-11-13-5-6-14(9-16(13)24-25)22-18-21-10-15(12-3-4-12)17(23-18)20-8-2-7-19/h5-6,9-12H,2-4,7-8,19H2,1H3,(H2,20,21,22,23). The molecule has 0 bridgehead atoms. The van der Waals surface area contributed by atoms with Gasteiger partial charge in [-0.05, 0) is 49.9 Å². The summed E-state index contributed by atoms with van der Waals surface area (Å²) in [6.07, 6.45) is 7.31. The normalized spacial score (nSPS) is 14.0. The highest BCUT2D eigenvalue weighted by molar-refractivity contribution is 5.82. The van der Waals surface area contributed by atoms with Gasteiger partial charge in [-0.3, -0.25) is 4.68 Å². The first-order chi connectivity index (χ1) is 12.2. The Hall–Kier alpha value is -2.67. The third kappa shape index (κ3) is 3.56. The number of nitrogens with zero attached hydrogens (tertiary/aromatic N) is 4. The molecular formula is C18H23N7. The molecule has 0 atom stereocenters. The van der Waals surface area contributed by atoms with E-state index in [1.54, 1.807) is 0 Å². The summed E-state index contributed by atoms with van der Waals surface area (Å²) in [5.41, 5.74) is 8.68. The van der Waals surface area contributed by atoms with E-state index in [-0.39, 0.29) is 0 Å². The van der Waals surface area contributed by atoms with Crippen molar-refractivity contribution in [3.05, 3.63) is 36.2 Å². The van der Waals surface area contributed by atoms with Gasteiger partial charge in [-0.25, -0.2) is 4.98 Å². The maximum Gasteiger partial charge on any atom is 0.229 e. The average Bonchev–Trinajstić information content (AvgIpc) is 3.36. The molecule has 7 nitrogen and oxygen atoms in total. The number of aryl methyl sites for hydroxylation is 1. The molecule has 0 spiro atoms. The van der Waals surface area contributed by atoms with Crippen LogP contribution in [0.5, 0.6) is 0 Å². The zero-order valence-corrected chi connectivity index (χ0v) is 14.4. The van der Waals surface area contributed by atoms with E-state index in [0.29, 0.717) is 18.4 Å². The number of hydrogen-bond donors (Lipinski definition) is 3. The molecule has 0 radical (unpaired) electrons. The van der Waals surface area contributed by atoms with Crippen molar-refractivity contribution in [2.45, 2.75) is 25.2 Å². The lowest BCUT2D eigenvalue weighted by molar-refractivity contribution is 0.780. The van der Waals surface area contributed by atoms with Crippen LogP contribution in [0.4, 0.5) is 17.5 Å². The molecule has 130 valence electrons. The highest BCUT2D eigenvalue weighted by atomic mass is 15.2. The molecule has 7 heteroatoms. The second kappa shape index (κ2) is 6.68. The van der Waals surface area contributed by atoms with Crippen molar-refractivity contribution in [3.63, 3.8) is 0 Å². The molecule has 1 saturated carbocycles. The Morgan fingerprint density at radius 2 is 2.20 bits per heavy atom. The van der Waals surface area contributed by atoms with Gasteiger partial charge in [-0.1, -0.05) is 0 Å². The summed E-state index contributed by atoms with van der Waals surface area (Å²) >= 11 is 0. The van der Waals surface area contributed by atoms with Crippen molar-refractivity contribution in [2.75, 3.05) is 23.7 Å². The number of hydrogen-bond acceptors (Lipinski definition) is 6. The SMILES string of the molecule is Cn1cc2ccc(Nc3ncc(C4CC4)c(NCCCN)n3)cc2n1. The van der Waals surface area contributed by atoms with Crippen LogP contribution < -0.4 is 16.4 Å². The molecule has 0 amide bonds. The van der Waals surface area contributed by atoms with Gasteiger partial charge in [0.25, 0.3) is 0 Å². The summed E-state index contributed by atoms with van der Waals surface area (Å²) < 4.78 is 1.81. The maximum absolute atomic E-state index is 5.59. The number of rotatable bonds is 7. The van der Waals surface area contributed by atoms with Crippen molar-refractivity contribution < 1.29 is 0 Å². The highest BCUT2D eigenvalue weighted by Gasteiger charge is 2.27. The van der Waals surface area contributed by atoms with Crippen LogP contribution in [0, 0.1) is 0 Å². The minimum Gasteiger partial charge on any atom is -0.370 e. The third-order valence-electron chi connectivity index (χ3n) is 4.39. The fourth-order valence-corrected chi connectivity index (χ4v) is 2.94. The fraction of sp³-hybridized carbons (Fsp3) is 0.389. The van der Waals surface area contributed by atoms with Crippen LogP contribution >= 0.6 is 0 Å². The van der Waals surface area contributed by atoms with Crippen LogP contribution in [0.25, 0.3) is 10.9 Å². The summed E-state index contributed by atoms with van der Waals surface area (Å²) in [7, 11) is 1.92. The topological polar surface area (TPSA) is 93.7 Å². The van der Waals surface area contributed by atoms with Crippen LogP contribution in [0.3, 0.4) is 0 Å². The van der Waals surface area contributed by atoms with E-state index in [0.717, 1.165) is 35.4 Å². The molecule has 2 aromatic heterocycles. The predicted octanol–water partition coefficient (Wildman–Crippen LogP) is 2.74. The number of nitrogens with one attached hydrogen (secondary N) is 2. The van der Waals surface area contributed by atoms with Crippen molar-refractivity contribution in [3.8, 4) is 0 Å². The summed E-state index contributed by atoms with van der Waals surface area (Å²) in [5.74, 6) is 2.11. The Morgan fingerprint density at radius 3 is 3.00 bits per heavy atom. The highest BCUT2D eigenvalue weighted by Crippen LogP contribution is 2.42. The van der Waals surface area contributed by atoms with E-state index in [1.165, 1.54) is 18.4 Å². The Balaban J connectivity index is 1.56. The van der Waals surface area contributed by atoms with Crippen LogP contribution in [0.15, 0.2) is 30.6 Å². The second-order valence-corrected chi connectivity index (χ2v) is 6.54. The van der Waals surface area contributed by atoms with Gasteiger partial charge in [0.2, 0.25) is 5.95 Å². The molecule has 0 saturated heterocycles. The van der Waals surface area contributed by atoms with Gasteiger partial charge in [-0.15, -0.1) is 0 Å². The number of anilines is 3. The fourth-order valence-electron chi connectivity index (χ4n) is 2.94. The van der Waals surface area contributed by atoms with Gasteiger partial charge in [-0.2, -0.15) is 10.1 Å². The Kier molecular flexibility index (Phi) is 4.23. The first-order valence-electron chi connectivity index (χ1n) is 8.74. The average molecular weight is 337 g/mol. The lowest BCUT2D eigenvalue weighted by Crippen LogP contribution is -2.12. The Morgan fingerprint density at radius 1 is 1.32 bits per heavy atom. The first-order valence-corrected chi connectivity index (χ1v) is 8.74. The lowest BCUT2D eigenvalue weighted by atomic mass is 10.2. The second-order valence-electron chi connectivity index (χ2n) is 6.54. The van der Waals surface area contributed by atoms with Crippen molar-refractivity contribution in [1.82, 2.24) is 19.7 Å². The van der Waals surface area contributed by atoms with E-state index in [2.05, 4.69) is 25.7 Å². The van der Waals surface area contributed by atoms with E-state index in [4.69, 9.17) is 5.73 Å². The van der Waals surface area contributed by atoms with Gasteiger partial charge in [0, 0.05) is 42.6 Å². The molecule has 4 rings (SSSR count). The molecule has 1 fully saturated rings.